The highest BCUT2D eigenvalue weighted by atomic mass is 79.9. The quantitative estimate of drug-likeness (QED) is 0.393. The van der Waals surface area contributed by atoms with Crippen LogP contribution in [-0.2, 0) is 19.4 Å². The van der Waals surface area contributed by atoms with E-state index in [9.17, 15) is 9.59 Å². The maximum Gasteiger partial charge on any atom is 0.228 e. The van der Waals surface area contributed by atoms with Gasteiger partial charge in [-0.15, -0.1) is 6.58 Å². The van der Waals surface area contributed by atoms with Gasteiger partial charge in [-0.3, -0.25) is 9.59 Å². The first-order valence-corrected chi connectivity index (χ1v) is 14.9. The summed E-state index contributed by atoms with van der Waals surface area (Å²) in [5, 5.41) is 0.0313. The summed E-state index contributed by atoms with van der Waals surface area (Å²) in [4.78, 5) is 30.1. The van der Waals surface area contributed by atoms with E-state index >= 15 is 0 Å². The largest absolute Gasteiger partial charge is 0.411 e. The molecule has 0 saturated carbocycles. The Kier molecular flexibility index (Phi) is 5.62. The lowest BCUT2D eigenvalue weighted by atomic mass is 9.68. The van der Waals surface area contributed by atoms with Crippen molar-refractivity contribution in [1.82, 2.24) is 4.90 Å². The maximum atomic E-state index is 13.3. The van der Waals surface area contributed by atoms with Crippen LogP contribution in [0.2, 0.25) is 18.1 Å². The van der Waals surface area contributed by atoms with Gasteiger partial charge in [-0.25, -0.2) is 0 Å². The molecule has 0 bridgehead atoms. The van der Waals surface area contributed by atoms with Crippen molar-refractivity contribution in [3.63, 3.8) is 0 Å². The fourth-order valence-electron chi connectivity index (χ4n) is 5.45. The molecule has 2 heterocycles. The molecule has 1 spiro atoms. The zero-order valence-electron chi connectivity index (χ0n) is 19.9. The van der Waals surface area contributed by atoms with Crippen LogP contribution in [0.15, 0.2) is 47.1 Å². The lowest BCUT2D eigenvalue weighted by Crippen LogP contribution is -2.60. The molecule has 0 N–H and O–H groups in total. The van der Waals surface area contributed by atoms with E-state index in [1.54, 1.807) is 13.0 Å². The van der Waals surface area contributed by atoms with Crippen LogP contribution in [-0.4, -0.2) is 43.7 Å². The van der Waals surface area contributed by atoms with Crippen molar-refractivity contribution >= 4 is 41.7 Å². The van der Waals surface area contributed by atoms with Gasteiger partial charge in [-0.05, 0) is 29.8 Å². The van der Waals surface area contributed by atoms with Crippen molar-refractivity contribution in [2.45, 2.75) is 76.2 Å². The van der Waals surface area contributed by atoms with E-state index < -0.39 is 13.7 Å². The Balaban J connectivity index is 1.96. The van der Waals surface area contributed by atoms with Gasteiger partial charge in [0.1, 0.15) is 0 Å². The molecule has 1 fully saturated rings. The minimum absolute atomic E-state index is 0.0184. The molecule has 3 aliphatic rings. The molecule has 2 aliphatic heterocycles. The molecule has 1 saturated heterocycles. The third kappa shape index (κ3) is 3.19. The number of hydrogen-bond donors (Lipinski definition) is 0. The lowest BCUT2D eigenvalue weighted by Gasteiger charge is -2.49. The summed E-state index contributed by atoms with van der Waals surface area (Å²) >= 11 is 3.86. The molecule has 2 amide bonds. The molecular weight excluding hydrogens is 484 g/mol. The topological polar surface area (TPSA) is 49.9 Å². The molecule has 172 valence electrons. The number of likely N-dealkylation sites (tertiary alicyclic amines) is 1. The fraction of sp³-hybridized carbons (Fsp3) is 0.520. The molecule has 32 heavy (non-hydrogen) atoms. The Bertz CT molecular complexity index is 1030. The second kappa shape index (κ2) is 7.67. The number of carbonyl (C=O) groups excluding carboxylic acids is 2. The minimum Gasteiger partial charge on any atom is -0.411 e. The van der Waals surface area contributed by atoms with Gasteiger partial charge in [-0.1, -0.05) is 61.0 Å². The normalized spacial score (nSPS) is 27.4. The van der Waals surface area contributed by atoms with E-state index in [0.29, 0.717) is 19.4 Å². The molecule has 0 aromatic heterocycles. The van der Waals surface area contributed by atoms with Gasteiger partial charge in [-0.2, -0.15) is 0 Å². The molecule has 1 aliphatic carbocycles. The summed E-state index contributed by atoms with van der Waals surface area (Å²) in [6.45, 7) is 17.1. The number of anilines is 1. The molecule has 0 radical (unpaired) electrons. The first-order valence-electron chi connectivity index (χ1n) is 11.2. The van der Waals surface area contributed by atoms with E-state index in [4.69, 9.17) is 4.43 Å². The zero-order valence-corrected chi connectivity index (χ0v) is 22.5. The van der Waals surface area contributed by atoms with Crippen LogP contribution in [0, 0.1) is 0 Å². The average Bonchev–Trinajstić information content (AvgIpc) is 3.13. The third-order valence-corrected chi connectivity index (χ3v) is 12.9. The monoisotopic (exact) mass is 516 g/mol. The summed E-state index contributed by atoms with van der Waals surface area (Å²) in [7, 11) is -2.14. The van der Waals surface area contributed by atoms with Crippen molar-refractivity contribution in [1.29, 1.82) is 0 Å². The second-order valence-electron chi connectivity index (χ2n) is 10.7. The Morgan fingerprint density at radius 2 is 2.00 bits per heavy atom. The van der Waals surface area contributed by atoms with E-state index in [1.165, 1.54) is 0 Å². The van der Waals surface area contributed by atoms with Gasteiger partial charge >= 0.3 is 0 Å². The predicted octanol–water partition coefficient (Wildman–Crippen LogP) is 5.48. The van der Waals surface area contributed by atoms with Gasteiger partial charge < -0.3 is 14.2 Å². The summed E-state index contributed by atoms with van der Waals surface area (Å²) < 4.78 is 7.99. The molecule has 7 heteroatoms. The number of rotatable bonds is 4. The lowest BCUT2D eigenvalue weighted by molar-refractivity contribution is -0.126. The van der Waals surface area contributed by atoms with Crippen LogP contribution >= 0.6 is 15.9 Å². The van der Waals surface area contributed by atoms with Crippen molar-refractivity contribution < 1.29 is 14.0 Å². The predicted molar refractivity (Wildman–Crippen MR) is 134 cm³/mol. The number of carbonyl (C=O) groups is 2. The van der Waals surface area contributed by atoms with E-state index in [1.807, 2.05) is 28.0 Å². The van der Waals surface area contributed by atoms with Gasteiger partial charge in [0, 0.05) is 42.2 Å². The van der Waals surface area contributed by atoms with Gasteiger partial charge in [0.2, 0.25) is 11.8 Å². The van der Waals surface area contributed by atoms with Crippen LogP contribution < -0.4 is 4.90 Å². The Labute approximate surface area is 200 Å². The highest BCUT2D eigenvalue weighted by Gasteiger charge is 2.66. The highest BCUT2D eigenvalue weighted by Crippen LogP contribution is 2.61. The van der Waals surface area contributed by atoms with Crippen LogP contribution in [0.1, 0.15) is 46.1 Å². The van der Waals surface area contributed by atoms with Crippen LogP contribution in [0.5, 0.6) is 0 Å². The number of benzene rings is 1. The summed E-state index contributed by atoms with van der Waals surface area (Å²) in [5.41, 5.74) is 2.28. The standard InChI is InChI=1S/C25H33BrN2O3Si/c1-8-13-27-21(30)15-25-17-11-9-10-12-19(17)28(16(2)29)23(25)20(14-18(26)22(25)27)31-32(6,7)24(3,4)5/h8-12,20,23H,1,13-15H2,2-7H3/t20-,23+,25-/m1/s1. The highest BCUT2D eigenvalue weighted by molar-refractivity contribution is 9.11. The second-order valence-corrected chi connectivity index (χ2v) is 16.4. The van der Waals surface area contributed by atoms with Crippen molar-refractivity contribution in [3.8, 4) is 0 Å². The number of amides is 2. The smallest absolute Gasteiger partial charge is 0.228 e. The SMILES string of the molecule is C=CCN1C(=O)C[C@@]23C1=C(Br)C[C@@H](O[Si](C)(C)C(C)(C)C)[C@@H]2N(C(C)=O)c1ccccc13. The molecule has 1 aromatic carbocycles. The minimum atomic E-state index is -2.14. The number of hydrogen-bond acceptors (Lipinski definition) is 3. The van der Waals surface area contributed by atoms with Crippen molar-refractivity contribution in [2.75, 3.05) is 11.4 Å². The van der Waals surface area contributed by atoms with Gasteiger partial charge in [0.05, 0.1) is 17.6 Å². The molecule has 5 nitrogen and oxygen atoms in total. The van der Waals surface area contributed by atoms with E-state index in [0.717, 1.165) is 21.4 Å². The fourth-order valence-corrected chi connectivity index (χ4v) is 7.66. The Hall–Kier alpha value is -1.70. The summed E-state index contributed by atoms with van der Waals surface area (Å²) in [5.74, 6) is 0.0465. The molecule has 1 aromatic rings. The van der Waals surface area contributed by atoms with Gasteiger partial charge in [0.25, 0.3) is 0 Å². The Morgan fingerprint density at radius 3 is 2.59 bits per heavy atom. The van der Waals surface area contributed by atoms with Crippen LogP contribution in [0.3, 0.4) is 0 Å². The van der Waals surface area contributed by atoms with E-state index in [-0.39, 0.29) is 29.0 Å². The number of nitrogens with zero attached hydrogens (tertiary/aromatic N) is 2. The maximum absolute atomic E-state index is 13.3. The number of fused-ring (bicyclic) bond motifs is 1. The van der Waals surface area contributed by atoms with Crippen LogP contribution in [0.4, 0.5) is 5.69 Å². The summed E-state index contributed by atoms with van der Waals surface area (Å²) in [6.07, 6.45) is 2.52. The third-order valence-electron chi connectivity index (χ3n) is 7.74. The molecular formula is C25H33BrN2O3Si. The number of halogens is 1. The Morgan fingerprint density at radius 1 is 1.34 bits per heavy atom. The zero-order chi connectivity index (χ0) is 23.6. The first-order chi connectivity index (χ1) is 14.9. The molecule has 4 rings (SSSR count). The van der Waals surface area contributed by atoms with Crippen LogP contribution in [0.25, 0.3) is 0 Å². The summed E-state index contributed by atoms with van der Waals surface area (Å²) in [6, 6.07) is 7.77. The average molecular weight is 518 g/mol. The van der Waals surface area contributed by atoms with Gasteiger partial charge in [0.15, 0.2) is 8.32 Å². The first kappa shape index (κ1) is 23.5. The number of para-hydroxylation sites is 1. The van der Waals surface area contributed by atoms with E-state index in [2.05, 4.69) is 62.4 Å². The molecule has 3 atom stereocenters. The molecule has 0 unspecified atom stereocenters. The van der Waals surface area contributed by atoms with Crippen molar-refractivity contribution in [2.24, 2.45) is 0 Å². The van der Waals surface area contributed by atoms with Crippen molar-refractivity contribution in [3.05, 3.63) is 52.7 Å².